The van der Waals surface area contributed by atoms with Crippen molar-refractivity contribution in [3.05, 3.63) is 64.8 Å². The van der Waals surface area contributed by atoms with E-state index in [1.54, 1.807) is 52.1 Å². The van der Waals surface area contributed by atoms with E-state index in [0.29, 0.717) is 34.0 Å². The van der Waals surface area contributed by atoms with Crippen LogP contribution in [0.3, 0.4) is 0 Å². The van der Waals surface area contributed by atoms with Crippen LogP contribution in [0, 0.1) is 12.7 Å². The summed E-state index contributed by atoms with van der Waals surface area (Å²) in [5, 5.41) is 21.4. The average Bonchev–Trinajstić information content (AvgIpc) is 3.47. The number of ether oxygens (including phenoxy) is 1. The monoisotopic (exact) mass is 421 g/mol. The van der Waals surface area contributed by atoms with Crippen molar-refractivity contribution in [3.8, 4) is 28.4 Å². The molecule has 4 heterocycles. The van der Waals surface area contributed by atoms with E-state index in [9.17, 15) is 4.39 Å². The number of nitrogens with zero attached hydrogens (tertiary/aromatic N) is 7. The Morgan fingerprint density at radius 1 is 1.13 bits per heavy atom. The molecule has 0 fully saturated rings. The predicted octanol–water partition coefficient (Wildman–Crippen LogP) is 3.67. The van der Waals surface area contributed by atoms with Crippen molar-refractivity contribution in [1.82, 2.24) is 34.6 Å². The summed E-state index contributed by atoms with van der Waals surface area (Å²) in [5.74, 6) is 0.948. The first-order valence-corrected chi connectivity index (χ1v) is 10.1. The van der Waals surface area contributed by atoms with Gasteiger partial charge in [-0.05, 0) is 24.4 Å². The summed E-state index contributed by atoms with van der Waals surface area (Å²) in [6, 6.07) is 8.46. The second-order valence-corrected chi connectivity index (χ2v) is 7.44. The Morgan fingerprint density at radius 3 is 2.73 bits per heavy atom. The molecule has 150 valence electrons. The molecule has 0 unspecified atom stereocenters. The molecule has 4 aromatic heterocycles. The minimum Gasteiger partial charge on any atom is -0.468 e. The molecular formula is C20H16FN7OS. The van der Waals surface area contributed by atoms with Crippen LogP contribution in [0.4, 0.5) is 4.39 Å². The number of thiophene rings is 1. The maximum atomic E-state index is 14.8. The van der Waals surface area contributed by atoms with Crippen LogP contribution in [0.5, 0.6) is 5.88 Å². The van der Waals surface area contributed by atoms with Gasteiger partial charge < -0.3 is 4.74 Å². The number of halogens is 1. The number of aromatic nitrogens is 7. The Hall–Kier alpha value is -3.66. The molecule has 0 saturated carbocycles. The Kier molecular flexibility index (Phi) is 4.47. The number of fused-ring (bicyclic) bond motifs is 1. The van der Waals surface area contributed by atoms with Crippen molar-refractivity contribution >= 4 is 16.9 Å². The molecule has 0 bridgehead atoms. The molecule has 10 heteroatoms. The number of rotatable bonds is 5. The zero-order valence-corrected chi connectivity index (χ0v) is 17.0. The van der Waals surface area contributed by atoms with E-state index in [1.807, 2.05) is 23.8 Å². The summed E-state index contributed by atoms with van der Waals surface area (Å²) in [6.45, 7) is 1.91. The molecule has 0 atom stereocenters. The van der Waals surface area contributed by atoms with Gasteiger partial charge in [0.1, 0.15) is 17.7 Å². The van der Waals surface area contributed by atoms with Crippen molar-refractivity contribution in [1.29, 1.82) is 0 Å². The van der Waals surface area contributed by atoms with E-state index in [4.69, 9.17) is 4.74 Å². The Labute approximate surface area is 174 Å². The quantitative estimate of drug-likeness (QED) is 0.431. The smallest absolute Gasteiger partial charge is 0.242 e. The minimum absolute atomic E-state index is 0.0971. The third kappa shape index (κ3) is 3.11. The Bertz CT molecular complexity index is 1340. The highest BCUT2D eigenvalue weighted by Crippen LogP contribution is 2.38. The van der Waals surface area contributed by atoms with Gasteiger partial charge in [-0.2, -0.15) is 21.5 Å². The van der Waals surface area contributed by atoms with Gasteiger partial charge in [-0.1, -0.05) is 18.2 Å². The number of benzene rings is 1. The highest BCUT2D eigenvalue weighted by atomic mass is 32.1. The molecule has 0 aliphatic rings. The lowest BCUT2D eigenvalue weighted by Crippen LogP contribution is -2.02. The fourth-order valence-corrected chi connectivity index (χ4v) is 3.89. The minimum atomic E-state index is -0.374. The van der Waals surface area contributed by atoms with Crippen molar-refractivity contribution in [3.63, 3.8) is 0 Å². The van der Waals surface area contributed by atoms with Gasteiger partial charge in [0.25, 0.3) is 0 Å². The molecular weight excluding hydrogens is 405 g/mol. The highest BCUT2D eigenvalue weighted by Gasteiger charge is 2.24. The van der Waals surface area contributed by atoms with Crippen LogP contribution in [0.2, 0.25) is 0 Å². The maximum absolute atomic E-state index is 14.8. The molecule has 8 nitrogen and oxygen atoms in total. The molecule has 5 aromatic rings. The summed E-state index contributed by atoms with van der Waals surface area (Å²) in [5.41, 5.74) is 3.03. The first kappa shape index (κ1) is 18.4. The van der Waals surface area contributed by atoms with Gasteiger partial charge >= 0.3 is 0 Å². The van der Waals surface area contributed by atoms with Crippen molar-refractivity contribution < 1.29 is 9.13 Å². The fourth-order valence-electron chi connectivity index (χ4n) is 3.26. The molecule has 0 aliphatic carbocycles. The Balaban J connectivity index is 1.73. The maximum Gasteiger partial charge on any atom is 0.242 e. The third-order valence-electron chi connectivity index (χ3n) is 4.60. The third-order valence-corrected chi connectivity index (χ3v) is 5.28. The van der Waals surface area contributed by atoms with E-state index in [0.717, 1.165) is 5.56 Å². The van der Waals surface area contributed by atoms with Gasteiger partial charge in [0.2, 0.25) is 5.88 Å². The van der Waals surface area contributed by atoms with E-state index in [2.05, 4.69) is 25.4 Å². The molecule has 0 saturated heterocycles. The zero-order valence-electron chi connectivity index (χ0n) is 16.2. The summed E-state index contributed by atoms with van der Waals surface area (Å²) in [7, 11) is 1.78. The van der Waals surface area contributed by atoms with Gasteiger partial charge in [-0.25, -0.2) is 13.9 Å². The van der Waals surface area contributed by atoms with Crippen LogP contribution >= 0.6 is 11.3 Å². The van der Waals surface area contributed by atoms with Crippen LogP contribution in [-0.4, -0.2) is 34.6 Å². The number of hydrogen-bond acceptors (Lipinski definition) is 7. The molecule has 5 rings (SSSR count). The first-order chi connectivity index (χ1) is 14.6. The first-order valence-electron chi connectivity index (χ1n) is 9.12. The standard InChI is InChI=1S/C20H16FN7OS/c1-12-18-17(14-5-3-4-6-15(14)21)20(29-9-16-22-11-27(2)25-16)26-28(18)19(24-23-12)13-7-8-30-10-13/h3-8,10-11H,9H2,1-2H3. The van der Waals surface area contributed by atoms with Crippen LogP contribution in [0.25, 0.3) is 28.0 Å². The lowest BCUT2D eigenvalue weighted by Gasteiger charge is -2.07. The fraction of sp³-hybridized carbons (Fsp3) is 0.150. The van der Waals surface area contributed by atoms with Crippen LogP contribution in [0.15, 0.2) is 47.4 Å². The summed E-state index contributed by atoms with van der Waals surface area (Å²) in [6.07, 6.45) is 1.59. The molecule has 0 N–H and O–H groups in total. The lowest BCUT2D eigenvalue weighted by atomic mass is 10.1. The van der Waals surface area contributed by atoms with E-state index in [1.165, 1.54) is 6.07 Å². The van der Waals surface area contributed by atoms with E-state index >= 15 is 0 Å². The van der Waals surface area contributed by atoms with E-state index < -0.39 is 0 Å². The van der Waals surface area contributed by atoms with Crippen molar-refractivity contribution in [2.75, 3.05) is 0 Å². The van der Waals surface area contributed by atoms with E-state index in [-0.39, 0.29) is 18.3 Å². The molecule has 0 amide bonds. The molecule has 1 aromatic carbocycles. The van der Waals surface area contributed by atoms with Crippen LogP contribution in [-0.2, 0) is 13.7 Å². The summed E-state index contributed by atoms with van der Waals surface area (Å²) >= 11 is 1.55. The summed E-state index contributed by atoms with van der Waals surface area (Å²) < 4.78 is 24.0. The lowest BCUT2D eigenvalue weighted by molar-refractivity contribution is 0.283. The summed E-state index contributed by atoms with van der Waals surface area (Å²) in [4.78, 5) is 4.18. The average molecular weight is 421 g/mol. The molecule has 0 aliphatic heterocycles. The largest absolute Gasteiger partial charge is 0.468 e. The number of aryl methyl sites for hydroxylation is 2. The van der Waals surface area contributed by atoms with Crippen molar-refractivity contribution in [2.45, 2.75) is 13.5 Å². The molecule has 30 heavy (non-hydrogen) atoms. The normalized spacial score (nSPS) is 11.3. The second-order valence-electron chi connectivity index (χ2n) is 6.66. The zero-order chi connectivity index (χ0) is 20.7. The number of hydrogen-bond donors (Lipinski definition) is 0. The van der Waals surface area contributed by atoms with Gasteiger partial charge in [0.05, 0.1) is 11.3 Å². The topological polar surface area (TPSA) is 83.0 Å². The van der Waals surface area contributed by atoms with Crippen LogP contribution in [0.1, 0.15) is 11.5 Å². The second kappa shape index (κ2) is 7.30. The molecule has 0 spiro atoms. The van der Waals surface area contributed by atoms with Gasteiger partial charge in [-0.15, -0.1) is 10.2 Å². The SMILES string of the molecule is Cc1nnc(-c2ccsc2)n2nc(OCc3ncn(C)n3)c(-c3ccccc3F)c12. The highest BCUT2D eigenvalue weighted by molar-refractivity contribution is 7.08. The van der Waals surface area contributed by atoms with Gasteiger partial charge in [-0.3, -0.25) is 4.68 Å². The van der Waals surface area contributed by atoms with Crippen molar-refractivity contribution in [2.24, 2.45) is 7.05 Å². The molecule has 0 radical (unpaired) electrons. The predicted molar refractivity (Wildman–Crippen MR) is 110 cm³/mol. The Morgan fingerprint density at radius 2 is 2.00 bits per heavy atom. The van der Waals surface area contributed by atoms with Crippen LogP contribution < -0.4 is 4.74 Å². The van der Waals surface area contributed by atoms with Gasteiger partial charge in [0.15, 0.2) is 18.3 Å². The van der Waals surface area contributed by atoms with Gasteiger partial charge in [0, 0.05) is 23.6 Å².